The van der Waals surface area contributed by atoms with Crippen LogP contribution in [0.1, 0.15) is 82.9 Å². The minimum absolute atomic E-state index is 0.0614. The summed E-state index contributed by atoms with van der Waals surface area (Å²) in [6.45, 7) is 0. The first-order valence-electron chi connectivity index (χ1n) is 17.8. The summed E-state index contributed by atoms with van der Waals surface area (Å²) in [4.78, 5) is 157. The topological polar surface area (TPSA) is 380 Å². The second kappa shape index (κ2) is 18.8. The third-order valence-corrected chi connectivity index (χ3v) is 9.48. The van der Waals surface area contributed by atoms with Gasteiger partial charge in [-0.15, -0.1) is 0 Å². The molecule has 0 saturated carbocycles. The molecule has 0 fully saturated rings. The number of para-hydroxylation sites is 4. The summed E-state index contributed by atoms with van der Waals surface area (Å²) in [5.41, 5.74) is -17.5. The van der Waals surface area contributed by atoms with Gasteiger partial charge in [0.25, 0.3) is 0 Å². The second-order valence-electron chi connectivity index (χ2n) is 13.0. The lowest BCUT2D eigenvalue weighted by atomic mass is 9.99. The van der Waals surface area contributed by atoms with Gasteiger partial charge in [0.15, 0.2) is 0 Å². The van der Waals surface area contributed by atoms with E-state index in [4.69, 9.17) is 0 Å². The van der Waals surface area contributed by atoms with Gasteiger partial charge in [-0.05, 0) is 60.7 Å². The standard InChI is InChI=1S/C42H26N4O20/c47-15-43(29-19(35(51)52)5-1-6-20(29)36(53)54)27-13-14-28(44(16-48)30-21(37(55)56)7-2-8-22(30)38(57)58)34(46(18-50)32-25(41(63)64)11-4-12-26(32)42(65)66)33(27)45(17-49)31-23(39(59)60)9-3-10-24(31)40(61)62/h1-18H,(H,51,52)(H,53,54)(H,55,56)(H,57,58)(H,59,60)(H,61,62)(H,63,64)(H,65,66). The van der Waals surface area contributed by atoms with E-state index in [9.17, 15) is 98.4 Å². The average Bonchev–Trinajstić information content (AvgIpc) is 3.27. The third-order valence-electron chi connectivity index (χ3n) is 9.48. The highest BCUT2D eigenvalue weighted by molar-refractivity contribution is 6.21. The number of hydrogen-bond acceptors (Lipinski definition) is 12. The molecule has 0 aliphatic carbocycles. The molecular weight excluding hydrogens is 880 g/mol. The van der Waals surface area contributed by atoms with Crippen molar-refractivity contribution in [1.82, 2.24) is 0 Å². The molecule has 0 saturated heterocycles. The molecule has 0 spiro atoms. The maximum Gasteiger partial charge on any atom is 0.337 e. The Morgan fingerprint density at radius 1 is 0.273 bits per heavy atom. The molecule has 66 heavy (non-hydrogen) atoms. The Hall–Kier alpha value is -10.3. The number of nitrogens with zero attached hydrogens (tertiary/aromatic N) is 4. The number of carboxylic acid groups (broad SMARTS) is 8. The van der Waals surface area contributed by atoms with Gasteiger partial charge in [0, 0.05) is 0 Å². The van der Waals surface area contributed by atoms with E-state index in [-0.39, 0.29) is 45.2 Å². The van der Waals surface area contributed by atoms with Crippen LogP contribution in [-0.2, 0) is 19.2 Å². The van der Waals surface area contributed by atoms with E-state index in [0.717, 1.165) is 72.8 Å². The molecule has 0 bridgehead atoms. The summed E-state index contributed by atoms with van der Waals surface area (Å²) in [5, 5.41) is 82.4. The van der Waals surface area contributed by atoms with E-state index in [0.29, 0.717) is 12.1 Å². The minimum Gasteiger partial charge on any atom is -0.478 e. The fourth-order valence-electron chi connectivity index (χ4n) is 6.91. The highest BCUT2D eigenvalue weighted by Gasteiger charge is 2.39. The number of rotatable bonds is 20. The molecule has 0 radical (unpaired) electrons. The van der Waals surface area contributed by atoms with Gasteiger partial charge in [0.1, 0.15) is 0 Å². The van der Waals surface area contributed by atoms with Gasteiger partial charge in [0.05, 0.1) is 90.0 Å². The van der Waals surface area contributed by atoms with Gasteiger partial charge < -0.3 is 40.9 Å². The Morgan fingerprint density at radius 3 is 0.591 bits per heavy atom. The van der Waals surface area contributed by atoms with Crippen LogP contribution in [0.4, 0.5) is 45.5 Å². The van der Waals surface area contributed by atoms with Crippen molar-refractivity contribution in [3.8, 4) is 0 Å². The number of carboxylic acids is 8. The van der Waals surface area contributed by atoms with E-state index in [2.05, 4.69) is 0 Å². The molecule has 24 nitrogen and oxygen atoms in total. The van der Waals surface area contributed by atoms with Crippen LogP contribution < -0.4 is 19.6 Å². The fourth-order valence-corrected chi connectivity index (χ4v) is 6.91. The van der Waals surface area contributed by atoms with Gasteiger partial charge in [-0.3, -0.25) is 38.8 Å². The summed E-state index contributed by atoms with van der Waals surface area (Å²) in [6.07, 6.45) is -1.29. The van der Waals surface area contributed by atoms with Crippen molar-refractivity contribution in [3.05, 3.63) is 129 Å². The molecule has 24 heteroatoms. The molecule has 5 aromatic carbocycles. The Balaban J connectivity index is 2.26. The fraction of sp³-hybridized carbons (Fsp3) is 0. The number of anilines is 8. The van der Waals surface area contributed by atoms with Crippen LogP contribution in [0.3, 0.4) is 0 Å². The first kappa shape index (κ1) is 46.8. The van der Waals surface area contributed by atoms with Crippen LogP contribution in [0, 0.1) is 0 Å². The van der Waals surface area contributed by atoms with Gasteiger partial charge >= 0.3 is 47.8 Å². The van der Waals surface area contributed by atoms with Gasteiger partial charge in [-0.25, -0.2) is 38.4 Å². The predicted molar refractivity (Wildman–Crippen MR) is 221 cm³/mol. The number of aromatic carboxylic acids is 8. The molecule has 5 rings (SSSR count). The SMILES string of the molecule is O=CN(c1ccc(N(C=O)c2c(C(=O)O)cccc2C(=O)O)c(N(C=O)c2c(C(=O)O)cccc2C(=O)O)c1N(C=O)c1c(C(=O)O)cccc1C(=O)O)c1c(C(=O)O)cccc1C(=O)O. The summed E-state index contributed by atoms with van der Waals surface area (Å²) in [7, 11) is 0. The molecular formula is C42H26N4O20. The van der Waals surface area contributed by atoms with Crippen molar-refractivity contribution in [2.75, 3.05) is 19.6 Å². The maximum atomic E-state index is 13.8. The Kier molecular flexibility index (Phi) is 13.3. The molecule has 0 atom stereocenters. The van der Waals surface area contributed by atoms with E-state index >= 15 is 0 Å². The number of hydrogen-bond donors (Lipinski definition) is 8. The summed E-state index contributed by atoms with van der Waals surface area (Å²) in [5.74, 6) is -15.6. The van der Waals surface area contributed by atoms with Crippen molar-refractivity contribution in [2.45, 2.75) is 0 Å². The van der Waals surface area contributed by atoms with Crippen LogP contribution in [0.25, 0.3) is 0 Å². The lowest BCUT2D eigenvalue weighted by Crippen LogP contribution is -2.31. The van der Waals surface area contributed by atoms with Crippen LogP contribution in [0.5, 0.6) is 0 Å². The first-order valence-corrected chi connectivity index (χ1v) is 17.8. The highest BCUT2D eigenvalue weighted by atomic mass is 16.4. The Labute approximate surface area is 365 Å². The molecule has 0 aliphatic heterocycles. The third kappa shape index (κ3) is 8.23. The largest absolute Gasteiger partial charge is 0.478 e. The number of amides is 4. The van der Waals surface area contributed by atoms with Crippen molar-refractivity contribution in [3.63, 3.8) is 0 Å². The predicted octanol–water partition coefficient (Wildman–Crippen LogP) is 4.45. The zero-order valence-electron chi connectivity index (χ0n) is 32.7. The number of carbonyl (C=O) groups is 12. The highest BCUT2D eigenvalue weighted by Crippen LogP contribution is 2.53. The Morgan fingerprint density at radius 2 is 0.439 bits per heavy atom. The first-order chi connectivity index (χ1) is 31.3. The molecule has 0 unspecified atom stereocenters. The van der Waals surface area contributed by atoms with E-state index in [1.165, 1.54) is 0 Å². The number of benzene rings is 5. The smallest absolute Gasteiger partial charge is 0.337 e. The van der Waals surface area contributed by atoms with Crippen LogP contribution in [-0.4, -0.2) is 114 Å². The summed E-state index contributed by atoms with van der Waals surface area (Å²) in [6, 6.07) is 11.0. The maximum absolute atomic E-state index is 13.8. The number of carbonyl (C=O) groups excluding carboxylic acids is 4. The molecule has 5 aromatic rings. The molecule has 0 heterocycles. The van der Waals surface area contributed by atoms with Crippen LogP contribution in [0.2, 0.25) is 0 Å². The zero-order chi connectivity index (χ0) is 48.9. The minimum atomic E-state index is -1.98. The normalized spacial score (nSPS) is 10.4. The average molecular weight is 907 g/mol. The lowest BCUT2D eigenvalue weighted by Gasteiger charge is -2.36. The summed E-state index contributed by atoms with van der Waals surface area (Å²) < 4.78 is 0. The van der Waals surface area contributed by atoms with Crippen molar-refractivity contribution in [2.24, 2.45) is 0 Å². The van der Waals surface area contributed by atoms with E-state index < -0.39 is 138 Å². The molecule has 8 N–H and O–H groups in total. The lowest BCUT2D eigenvalue weighted by molar-refractivity contribution is -0.108. The van der Waals surface area contributed by atoms with E-state index in [1.807, 2.05) is 0 Å². The molecule has 0 aromatic heterocycles. The zero-order valence-corrected chi connectivity index (χ0v) is 32.7. The van der Waals surface area contributed by atoms with Crippen molar-refractivity contribution >= 4 is 119 Å². The monoisotopic (exact) mass is 906 g/mol. The summed E-state index contributed by atoms with van der Waals surface area (Å²) >= 11 is 0. The van der Waals surface area contributed by atoms with Gasteiger partial charge in [0.2, 0.25) is 25.6 Å². The van der Waals surface area contributed by atoms with Crippen LogP contribution in [0.15, 0.2) is 84.9 Å². The molecule has 4 amide bonds. The second-order valence-corrected chi connectivity index (χ2v) is 13.0. The quantitative estimate of drug-likeness (QED) is 0.0500. The van der Waals surface area contributed by atoms with E-state index in [1.54, 1.807) is 0 Å². The Bertz CT molecular complexity index is 2650. The van der Waals surface area contributed by atoms with Gasteiger partial charge in [-0.1, -0.05) is 24.3 Å². The van der Waals surface area contributed by atoms with Crippen LogP contribution >= 0.6 is 0 Å². The van der Waals surface area contributed by atoms with Crippen molar-refractivity contribution in [1.29, 1.82) is 0 Å². The molecule has 334 valence electrons. The molecule has 0 aliphatic rings. The van der Waals surface area contributed by atoms with Gasteiger partial charge in [-0.2, -0.15) is 0 Å². The van der Waals surface area contributed by atoms with Crippen molar-refractivity contribution < 1.29 is 98.4 Å².